The highest BCUT2D eigenvalue weighted by atomic mass is 35.5. The summed E-state index contributed by atoms with van der Waals surface area (Å²) in [6, 6.07) is 25.7. The average molecular weight is 530 g/mol. The van der Waals surface area contributed by atoms with Gasteiger partial charge in [-0.15, -0.1) is 0 Å². The Morgan fingerprint density at radius 3 is 2.29 bits per heavy atom. The summed E-state index contributed by atoms with van der Waals surface area (Å²) >= 11 is 6.52. The third-order valence-corrected chi connectivity index (χ3v) is 6.85. The monoisotopic (exact) mass is 529 g/mol. The van der Waals surface area contributed by atoms with E-state index in [-0.39, 0.29) is 18.7 Å². The third kappa shape index (κ3) is 6.90. The van der Waals surface area contributed by atoms with Crippen molar-refractivity contribution in [1.29, 1.82) is 0 Å². The van der Waals surface area contributed by atoms with Crippen molar-refractivity contribution in [3.05, 3.63) is 113 Å². The number of rotatable bonds is 12. The number of unbranched alkanes of at least 4 members (excludes halogenated alkanes) is 1. The lowest BCUT2D eigenvalue weighted by atomic mass is 10.0. The molecule has 0 saturated heterocycles. The number of imidazole rings is 1. The molecule has 4 aromatic rings. The quantitative estimate of drug-likeness (QED) is 0.237. The van der Waals surface area contributed by atoms with E-state index < -0.39 is 12.0 Å². The van der Waals surface area contributed by atoms with Crippen molar-refractivity contribution in [3.63, 3.8) is 0 Å². The number of hydrogen-bond donors (Lipinski definition) is 2. The fourth-order valence-corrected chi connectivity index (χ4v) is 4.70. The first-order valence-corrected chi connectivity index (χ1v) is 13.3. The van der Waals surface area contributed by atoms with E-state index in [0.717, 1.165) is 53.2 Å². The first-order chi connectivity index (χ1) is 18.5. The molecule has 1 heterocycles. The summed E-state index contributed by atoms with van der Waals surface area (Å²) in [5.74, 6) is -0.556. The lowest BCUT2D eigenvalue weighted by molar-refractivity contribution is -0.141. The highest BCUT2D eigenvalue weighted by Crippen LogP contribution is 2.28. The summed E-state index contributed by atoms with van der Waals surface area (Å²) in [6.07, 6.45) is 2.92. The minimum atomic E-state index is -1.07. The zero-order valence-corrected chi connectivity index (χ0v) is 22.2. The molecule has 4 rings (SSSR count). The van der Waals surface area contributed by atoms with E-state index in [9.17, 15) is 14.7 Å². The fourth-order valence-electron chi connectivity index (χ4n) is 4.50. The first-order valence-electron chi connectivity index (χ1n) is 12.9. The van der Waals surface area contributed by atoms with Crippen LogP contribution in [0.4, 0.5) is 0 Å². The number of carboxylic acids is 1. The predicted octanol–water partition coefficient (Wildman–Crippen LogP) is 5.95. The molecule has 0 aliphatic carbocycles. The Kier molecular flexibility index (Phi) is 9.33. The van der Waals surface area contributed by atoms with Crippen LogP contribution in [0.5, 0.6) is 0 Å². The molecule has 0 aliphatic heterocycles. The number of carbonyl (C=O) groups is 2. The van der Waals surface area contributed by atoms with Crippen LogP contribution in [0.1, 0.15) is 42.4 Å². The second-order valence-corrected chi connectivity index (χ2v) is 9.70. The van der Waals surface area contributed by atoms with E-state index in [2.05, 4.69) is 16.8 Å². The van der Waals surface area contributed by atoms with Crippen LogP contribution in [0, 0.1) is 0 Å². The standard InChI is InChI=1S/C31H32ClN3O3/c1-2-3-18-28-34-30(23-14-8-5-9-15-23)27(35(28)21-24-16-10-11-17-25(24)32)20-29(36)33-26(31(37)38)19-22-12-6-4-7-13-22/h4-17,26H,2-3,18-21H2,1H3,(H,33,36)(H,37,38)/t26-/m0/s1. The number of aryl methyl sites for hydroxylation is 1. The largest absolute Gasteiger partial charge is 0.480 e. The maximum absolute atomic E-state index is 13.4. The van der Waals surface area contributed by atoms with Crippen LogP contribution in [-0.4, -0.2) is 32.6 Å². The van der Waals surface area contributed by atoms with Crippen LogP contribution < -0.4 is 5.32 Å². The Labute approximate surface area is 228 Å². The Hall–Kier alpha value is -3.90. The zero-order chi connectivity index (χ0) is 26.9. The van der Waals surface area contributed by atoms with Crippen molar-refractivity contribution in [2.24, 2.45) is 0 Å². The van der Waals surface area contributed by atoms with Crippen LogP contribution in [-0.2, 0) is 35.4 Å². The lowest BCUT2D eigenvalue weighted by Crippen LogP contribution is -2.43. The number of aromatic nitrogens is 2. The Morgan fingerprint density at radius 1 is 0.974 bits per heavy atom. The van der Waals surface area contributed by atoms with Crippen LogP contribution in [0.15, 0.2) is 84.9 Å². The smallest absolute Gasteiger partial charge is 0.326 e. The Balaban J connectivity index is 1.70. The molecule has 0 spiro atoms. The Morgan fingerprint density at radius 2 is 1.63 bits per heavy atom. The van der Waals surface area contributed by atoms with E-state index >= 15 is 0 Å². The molecule has 1 atom stereocenters. The maximum Gasteiger partial charge on any atom is 0.326 e. The molecule has 0 unspecified atom stereocenters. The minimum Gasteiger partial charge on any atom is -0.480 e. The molecule has 3 aromatic carbocycles. The molecule has 1 aromatic heterocycles. The third-order valence-electron chi connectivity index (χ3n) is 6.48. The fraction of sp³-hybridized carbons (Fsp3) is 0.258. The summed E-state index contributed by atoms with van der Waals surface area (Å²) < 4.78 is 2.08. The molecule has 6 nitrogen and oxygen atoms in total. The van der Waals surface area contributed by atoms with Gasteiger partial charge < -0.3 is 15.0 Å². The van der Waals surface area contributed by atoms with E-state index in [4.69, 9.17) is 16.6 Å². The van der Waals surface area contributed by atoms with Gasteiger partial charge in [0.25, 0.3) is 0 Å². The molecule has 0 radical (unpaired) electrons. The van der Waals surface area contributed by atoms with Crippen molar-refractivity contribution in [2.45, 2.75) is 51.6 Å². The molecule has 0 saturated carbocycles. The van der Waals surface area contributed by atoms with E-state index in [0.29, 0.717) is 11.6 Å². The normalized spacial score (nSPS) is 11.7. The van der Waals surface area contributed by atoms with Crippen molar-refractivity contribution in [2.75, 3.05) is 0 Å². The summed E-state index contributed by atoms with van der Waals surface area (Å²) in [6.45, 7) is 2.60. The minimum absolute atomic E-state index is 0.00756. The van der Waals surface area contributed by atoms with Gasteiger partial charge in [-0.05, 0) is 23.6 Å². The number of carbonyl (C=O) groups excluding carboxylic acids is 1. The lowest BCUT2D eigenvalue weighted by Gasteiger charge is -2.17. The molecule has 196 valence electrons. The number of halogens is 1. The second-order valence-electron chi connectivity index (χ2n) is 9.30. The van der Waals surface area contributed by atoms with Gasteiger partial charge >= 0.3 is 5.97 Å². The first kappa shape index (κ1) is 27.1. The number of nitrogens with one attached hydrogen (secondary N) is 1. The maximum atomic E-state index is 13.4. The molecule has 2 N–H and O–H groups in total. The molecule has 0 aliphatic rings. The zero-order valence-electron chi connectivity index (χ0n) is 21.4. The highest BCUT2D eigenvalue weighted by molar-refractivity contribution is 6.31. The van der Waals surface area contributed by atoms with E-state index in [1.165, 1.54) is 0 Å². The summed E-state index contributed by atoms with van der Waals surface area (Å²) in [5, 5.41) is 13.2. The number of hydrogen-bond acceptors (Lipinski definition) is 3. The number of aliphatic carboxylic acids is 1. The van der Waals surface area contributed by atoms with Crippen molar-refractivity contribution >= 4 is 23.5 Å². The van der Waals surface area contributed by atoms with Crippen molar-refractivity contribution < 1.29 is 14.7 Å². The number of nitrogens with zero attached hydrogens (tertiary/aromatic N) is 2. The van der Waals surface area contributed by atoms with Crippen LogP contribution in [0.2, 0.25) is 5.02 Å². The molecule has 38 heavy (non-hydrogen) atoms. The van der Waals surface area contributed by atoms with Crippen LogP contribution in [0.25, 0.3) is 11.3 Å². The summed E-state index contributed by atoms with van der Waals surface area (Å²) in [4.78, 5) is 30.4. The highest BCUT2D eigenvalue weighted by Gasteiger charge is 2.25. The Bertz CT molecular complexity index is 1370. The SMILES string of the molecule is CCCCc1nc(-c2ccccc2)c(CC(=O)N[C@@H](Cc2ccccc2)C(=O)O)n1Cc1ccccc1Cl. The molecular formula is C31H32ClN3O3. The topological polar surface area (TPSA) is 84.2 Å². The van der Waals surface area contributed by atoms with Crippen LogP contribution >= 0.6 is 11.6 Å². The van der Waals surface area contributed by atoms with Gasteiger partial charge in [-0.3, -0.25) is 4.79 Å². The second kappa shape index (κ2) is 13.1. The molecule has 1 amide bonds. The number of carboxylic acid groups (broad SMARTS) is 1. The van der Waals surface area contributed by atoms with Crippen LogP contribution in [0.3, 0.4) is 0 Å². The number of amides is 1. The van der Waals surface area contributed by atoms with E-state index in [1.807, 2.05) is 84.9 Å². The van der Waals surface area contributed by atoms with Gasteiger partial charge in [0.05, 0.1) is 24.4 Å². The summed E-state index contributed by atoms with van der Waals surface area (Å²) in [7, 11) is 0. The van der Waals surface area contributed by atoms with Gasteiger partial charge in [-0.2, -0.15) is 0 Å². The van der Waals surface area contributed by atoms with Gasteiger partial charge in [0.2, 0.25) is 5.91 Å². The van der Waals surface area contributed by atoms with Crippen molar-refractivity contribution in [3.8, 4) is 11.3 Å². The number of benzene rings is 3. The summed E-state index contributed by atoms with van der Waals surface area (Å²) in [5.41, 5.74) is 4.15. The average Bonchev–Trinajstić information content (AvgIpc) is 3.25. The van der Waals surface area contributed by atoms with Gasteiger partial charge in [-0.1, -0.05) is 104 Å². The molecule has 7 heteroatoms. The molecule has 0 fully saturated rings. The van der Waals surface area contributed by atoms with Gasteiger partial charge in [0, 0.05) is 23.4 Å². The van der Waals surface area contributed by atoms with Gasteiger partial charge in [0.1, 0.15) is 11.9 Å². The van der Waals surface area contributed by atoms with Gasteiger partial charge in [-0.25, -0.2) is 9.78 Å². The molecular weight excluding hydrogens is 498 g/mol. The van der Waals surface area contributed by atoms with E-state index in [1.54, 1.807) is 0 Å². The van der Waals surface area contributed by atoms with Crippen molar-refractivity contribution in [1.82, 2.24) is 14.9 Å². The molecule has 0 bridgehead atoms. The van der Waals surface area contributed by atoms with Gasteiger partial charge in [0.15, 0.2) is 0 Å². The predicted molar refractivity (Wildman–Crippen MR) is 150 cm³/mol.